The molecule has 2 unspecified atom stereocenters. The highest BCUT2D eigenvalue weighted by molar-refractivity contribution is 5.17. The Bertz CT molecular complexity index is 329. The fourth-order valence-electron chi connectivity index (χ4n) is 2.51. The second-order valence-electron chi connectivity index (χ2n) is 4.90. The summed E-state index contributed by atoms with van der Waals surface area (Å²) in [4.78, 5) is 0. The van der Waals surface area contributed by atoms with Crippen molar-refractivity contribution >= 4 is 0 Å². The van der Waals surface area contributed by atoms with E-state index in [1.807, 2.05) is 13.2 Å². The number of hydrogen-bond donors (Lipinski definition) is 1. The van der Waals surface area contributed by atoms with Crippen LogP contribution in [-0.4, -0.2) is 19.8 Å². The summed E-state index contributed by atoms with van der Waals surface area (Å²) in [6, 6.07) is 2.52. The van der Waals surface area contributed by atoms with Crippen LogP contribution in [0.3, 0.4) is 0 Å². The van der Waals surface area contributed by atoms with Gasteiger partial charge in [0, 0.05) is 24.1 Å². The van der Waals surface area contributed by atoms with Crippen LogP contribution in [0.25, 0.3) is 0 Å². The summed E-state index contributed by atoms with van der Waals surface area (Å²) in [6.45, 7) is 7.03. The predicted octanol–water partition coefficient (Wildman–Crippen LogP) is 3.06. The Labute approximate surface area is 104 Å². The quantitative estimate of drug-likeness (QED) is 0.854. The number of nitrogens with one attached hydrogen (secondary N) is 1. The molecule has 3 heteroatoms. The molecule has 2 heterocycles. The average molecular weight is 237 g/mol. The van der Waals surface area contributed by atoms with Crippen LogP contribution in [0.5, 0.6) is 0 Å². The molecule has 0 radical (unpaired) electrons. The van der Waals surface area contributed by atoms with Gasteiger partial charge in [-0.15, -0.1) is 0 Å². The van der Waals surface area contributed by atoms with E-state index in [4.69, 9.17) is 9.15 Å². The Balaban J connectivity index is 2.06. The maximum Gasteiger partial charge on any atom is 0.101 e. The SMILES string of the molecule is CCCNC(c1coc(C)c1)C1CCCOC1. The van der Waals surface area contributed by atoms with Crippen LogP contribution in [-0.2, 0) is 4.74 Å². The van der Waals surface area contributed by atoms with Crippen molar-refractivity contribution in [3.63, 3.8) is 0 Å². The summed E-state index contributed by atoms with van der Waals surface area (Å²) in [5.74, 6) is 1.56. The van der Waals surface area contributed by atoms with E-state index in [0.29, 0.717) is 12.0 Å². The lowest BCUT2D eigenvalue weighted by molar-refractivity contribution is 0.0389. The fourth-order valence-corrected chi connectivity index (χ4v) is 2.51. The van der Waals surface area contributed by atoms with E-state index in [2.05, 4.69) is 18.3 Å². The van der Waals surface area contributed by atoms with E-state index in [0.717, 1.165) is 31.9 Å². The van der Waals surface area contributed by atoms with Crippen LogP contribution in [0.1, 0.15) is 43.6 Å². The standard InChI is InChI=1S/C14H23NO2/c1-3-6-15-14(12-5-4-7-16-9-12)13-8-11(2)17-10-13/h8,10,12,14-15H,3-7,9H2,1-2H3. The minimum Gasteiger partial charge on any atom is -0.469 e. The van der Waals surface area contributed by atoms with Gasteiger partial charge in [0.25, 0.3) is 0 Å². The van der Waals surface area contributed by atoms with Crippen molar-refractivity contribution in [3.05, 3.63) is 23.7 Å². The zero-order valence-corrected chi connectivity index (χ0v) is 10.9. The first kappa shape index (κ1) is 12.7. The van der Waals surface area contributed by atoms with Crippen LogP contribution in [0, 0.1) is 12.8 Å². The molecule has 1 fully saturated rings. The molecule has 1 aromatic rings. The van der Waals surface area contributed by atoms with Gasteiger partial charge in [-0.3, -0.25) is 0 Å². The Kier molecular flexibility index (Phi) is 4.63. The second-order valence-corrected chi connectivity index (χ2v) is 4.90. The molecule has 0 amide bonds. The molecule has 1 aliphatic rings. The maximum absolute atomic E-state index is 5.60. The van der Waals surface area contributed by atoms with E-state index < -0.39 is 0 Å². The average Bonchev–Trinajstić information content (AvgIpc) is 2.78. The number of ether oxygens (including phenoxy) is 1. The normalized spacial score (nSPS) is 22.6. The molecule has 1 saturated heterocycles. The van der Waals surface area contributed by atoms with Crippen LogP contribution in [0.2, 0.25) is 0 Å². The van der Waals surface area contributed by atoms with Crippen LogP contribution >= 0.6 is 0 Å². The summed E-state index contributed by atoms with van der Waals surface area (Å²) in [7, 11) is 0. The lowest BCUT2D eigenvalue weighted by Gasteiger charge is -2.30. The monoisotopic (exact) mass is 237 g/mol. The van der Waals surface area contributed by atoms with Crippen molar-refractivity contribution < 1.29 is 9.15 Å². The van der Waals surface area contributed by atoms with Crippen molar-refractivity contribution in [1.82, 2.24) is 5.32 Å². The molecule has 0 aromatic carbocycles. The summed E-state index contributed by atoms with van der Waals surface area (Å²) in [5, 5.41) is 3.63. The van der Waals surface area contributed by atoms with Crippen LogP contribution in [0.4, 0.5) is 0 Å². The number of furan rings is 1. The zero-order chi connectivity index (χ0) is 12.1. The van der Waals surface area contributed by atoms with Gasteiger partial charge < -0.3 is 14.5 Å². The Hall–Kier alpha value is -0.800. The molecular formula is C14H23NO2. The van der Waals surface area contributed by atoms with Gasteiger partial charge in [0.05, 0.1) is 12.9 Å². The number of rotatable bonds is 5. The predicted molar refractivity (Wildman–Crippen MR) is 68.0 cm³/mol. The van der Waals surface area contributed by atoms with E-state index in [1.165, 1.54) is 18.4 Å². The van der Waals surface area contributed by atoms with Gasteiger partial charge in [0.15, 0.2) is 0 Å². The molecule has 96 valence electrons. The Morgan fingerprint density at radius 2 is 2.41 bits per heavy atom. The molecule has 3 nitrogen and oxygen atoms in total. The lowest BCUT2D eigenvalue weighted by Crippen LogP contribution is -2.33. The smallest absolute Gasteiger partial charge is 0.101 e. The van der Waals surface area contributed by atoms with Gasteiger partial charge >= 0.3 is 0 Å². The molecule has 2 rings (SSSR count). The molecule has 2 atom stereocenters. The highest BCUT2D eigenvalue weighted by Gasteiger charge is 2.26. The third-order valence-electron chi connectivity index (χ3n) is 3.39. The molecule has 1 aromatic heterocycles. The third kappa shape index (κ3) is 3.33. The van der Waals surface area contributed by atoms with Crippen molar-refractivity contribution in [1.29, 1.82) is 0 Å². The number of aryl methyl sites for hydroxylation is 1. The van der Waals surface area contributed by atoms with Gasteiger partial charge in [-0.25, -0.2) is 0 Å². The Morgan fingerprint density at radius 1 is 1.53 bits per heavy atom. The topological polar surface area (TPSA) is 34.4 Å². The summed E-state index contributed by atoms with van der Waals surface area (Å²) in [6.07, 6.45) is 5.45. The molecule has 0 spiro atoms. The van der Waals surface area contributed by atoms with Gasteiger partial charge in [-0.05, 0) is 38.8 Å². The minimum absolute atomic E-state index is 0.382. The summed E-state index contributed by atoms with van der Waals surface area (Å²) < 4.78 is 11.0. The molecule has 0 saturated carbocycles. The summed E-state index contributed by atoms with van der Waals surface area (Å²) in [5.41, 5.74) is 1.27. The molecular weight excluding hydrogens is 214 g/mol. The van der Waals surface area contributed by atoms with Crippen molar-refractivity contribution in [2.45, 2.75) is 39.2 Å². The van der Waals surface area contributed by atoms with Crippen molar-refractivity contribution in [3.8, 4) is 0 Å². The van der Waals surface area contributed by atoms with Gasteiger partial charge in [-0.1, -0.05) is 6.92 Å². The van der Waals surface area contributed by atoms with E-state index >= 15 is 0 Å². The van der Waals surface area contributed by atoms with Gasteiger partial charge in [-0.2, -0.15) is 0 Å². The molecule has 1 aliphatic heterocycles. The van der Waals surface area contributed by atoms with Gasteiger partial charge in [0.2, 0.25) is 0 Å². The minimum atomic E-state index is 0.382. The third-order valence-corrected chi connectivity index (χ3v) is 3.39. The van der Waals surface area contributed by atoms with Crippen LogP contribution < -0.4 is 5.32 Å². The van der Waals surface area contributed by atoms with E-state index in [9.17, 15) is 0 Å². The zero-order valence-electron chi connectivity index (χ0n) is 10.9. The Morgan fingerprint density at radius 3 is 3.00 bits per heavy atom. The highest BCUT2D eigenvalue weighted by atomic mass is 16.5. The molecule has 0 bridgehead atoms. The lowest BCUT2D eigenvalue weighted by atomic mass is 9.89. The van der Waals surface area contributed by atoms with Crippen molar-refractivity contribution in [2.24, 2.45) is 5.92 Å². The van der Waals surface area contributed by atoms with Crippen LogP contribution in [0.15, 0.2) is 16.7 Å². The first-order valence-corrected chi connectivity index (χ1v) is 6.67. The van der Waals surface area contributed by atoms with Crippen molar-refractivity contribution in [2.75, 3.05) is 19.8 Å². The maximum atomic E-state index is 5.60. The molecule has 1 N–H and O–H groups in total. The van der Waals surface area contributed by atoms with E-state index in [1.54, 1.807) is 0 Å². The fraction of sp³-hybridized carbons (Fsp3) is 0.714. The van der Waals surface area contributed by atoms with Gasteiger partial charge in [0.1, 0.15) is 5.76 Å². The van der Waals surface area contributed by atoms with E-state index in [-0.39, 0.29) is 0 Å². The highest BCUT2D eigenvalue weighted by Crippen LogP contribution is 2.29. The first-order valence-electron chi connectivity index (χ1n) is 6.67. The molecule has 0 aliphatic carbocycles. The molecule has 17 heavy (non-hydrogen) atoms. The summed E-state index contributed by atoms with van der Waals surface area (Å²) >= 11 is 0. The second kappa shape index (κ2) is 6.22. The largest absolute Gasteiger partial charge is 0.469 e. The number of hydrogen-bond acceptors (Lipinski definition) is 3. The first-order chi connectivity index (χ1) is 8.31.